The zero-order valence-electron chi connectivity index (χ0n) is 9.89. The Hall–Kier alpha value is -2.23. The Labute approximate surface area is 104 Å². The Kier molecular flexibility index (Phi) is 3.67. The van der Waals surface area contributed by atoms with Crippen molar-refractivity contribution >= 4 is 5.97 Å². The maximum absolute atomic E-state index is 13.5. The fourth-order valence-corrected chi connectivity index (χ4v) is 1.58. The normalized spacial score (nSPS) is 10.1. The highest BCUT2D eigenvalue weighted by Gasteiger charge is 2.09. The van der Waals surface area contributed by atoms with Gasteiger partial charge in [-0.25, -0.2) is 9.18 Å². The van der Waals surface area contributed by atoms with Crippen molar-refractivity contribution in [3.63, 3.8) is 0 Å². The van der Waals surface area contributed by atoms with E-state index >= 15 is 0 Å². The predicted octanol–water partition coefficient (Wildman–Crippen LogP) is 3.06. The highest BCUT2D eigenvalue weighted by atomic mass is 19.1. The second-order valence-electron chi connectivity index (χ2n) is 3.63. The lowest BCUT2D eigenvalue weighted by atomic mass is 10.1. The average Bonchev–Trinajstić information content (AvgIpc) is 2.40. The van der Waals surface area contributed by atoms with Gasteiger partial charge in [-0.3, -0.25) is 4.98 Å². The molecule has 1 aromatic carbocycles. The number of halogens is 1. The summed E-state index contributed by atoms with van der Waals surface area (Å²) >= 11 is 0. The third kappa shape index (κ3) is 2.53. The average molecular weight is 245 g/mol. The van der Waals surface area contributed by atoms with Crippen LogP contribution in [0.5, 0.6) is 0 Å². The summed E-state index contributed by atoms with van der Waals surface area (Å²) in [5.74, 6) is -0.771. The smallest absolute Gasteiger partial charge is 0.338 e. The monoisotopic (exact) mass is 245 g/mol. The molecule has 2 aromatic rings. The minimum absolute atomic E-state index is 0.271. The van der Waals surface area contributed by atoms with E-state index in [0.717, 1.165) is 0 Å². The molecule has 0 spiro atoms. The molecule has 0 fully saturated rings. The first kappa shape index (κ1) is 12.2. The van der Waals surface area contributed by atoms with Gasteiger partial charge < -0.3 is 4.74 Å². The molecule has 0 atom stereocenters. The number of ether oxygens (including phenoxy) is 1. The molecule has 18 heavy (non-hydrogen) atoms. The zero-order valence-corrected chi connectivity index (χ0v) is 9.89. The molecule has 0 aliphatic carbocycles. The molecule has 0 saturated heterocycles. The zero-order chi connectivity index (χ0) is 13.0. The topological polar surface area (TPSA) is 39.2 Å². The maximum atomic E-state index is 13.5. The van der Waals surface area contributed by atoms with Crippen molar-refractivity contribution in [2.24, 2.45) is 0 Å². The third-order valence-corrected chi connectivity index (χ3v) is 2.43. The van der Waals surface area contributed by atoms with Crippen molar-refractivity contribution in [3.8, 4) is 11.3 Å². The summed E-state index contributed by atoms with van der Waals surface area (Å²) in [5, 5.41) is 0. The van der Waals surface area contributed by atoms with Crippen LogP contribution in [0.15, 0.2) is 42.6 Å². The predicted molar refractivity (Wildman–Crippen MR) is 65.6 cm³/mol. The van der Waals surface area contributed by atoms with Crippen LogP contribution in [0.4, 0.5) is 4.39 Å². The fraction of sp³-hybridized carbons (Fsp3) is 0.143. The molecular weight excluding hydrogens is 233 g/mol. The minimum Gasteiger partial charge on any atom is -0.462 e. The first-order valence-electron chi connectivity index (χ1n) is 5.60. The van der Waals surface area contributed by atoms with Crippen LogP contribution < -0.4 is 0 Å². The van der Waals surface area contributed by atoms with Crippen LogP contribution in [0.3, 0.4) is 0 Å². The van der Waals surface area contributed by atoms with E-state index in [1.165, 1.54) is 18.3 Å². The summed E-state index contributed by atoms with van der Waals surface area (Å²) in [6.45, 7) is 2.07. The third-order valence-electron chi connectivity index (χ3n) is 2.43. The van der Waals surface area contributed by atoms with Crippen molar-refractivity contribution in [2.75, 3.05) is 6.61 Å². The van der Waals surface area contributed by atoms with Crippen molar-refractivity contribution in [2.45, 2.75) is 6.92 Å². The summed E-state index contributed by atoms with van der Waals surface area (Å²) in [5.41, 5.74) is 1.34. The number of esters is 1. The summed E-state index contributed by atoms with van der Waals surface area (Å²) < 4.78 is 18.4. The van der Waals surface area contributed by atoms with E-state index in [0.29, 0.717) is 17.7 Å². The van der Waals surface area contributed by atoms with E-state index in [-0.39, 0.29) is 17.5 Å². The lowest BCUT2D eigenvalue weighted by Gasteiger charge is -2.04. The number of carbonyl (C=O) groups is 1. The van der Waals surface area contributed by atoms with Gasteiger partial charge in [0.1, 0.15) is 11.5 Å². The summed E-state index contributed by atoms with van der Waals surface area (Å²) in [6, 6.07) is 9.38. The van der Waals surface area contributed by atoms with Crippen molar-refractivity contribution < 1.29 is 13.9 Å². The van der Waals surface area contributed by atoms with Crippen LogP contribution in [0.1, 0.15) is 17.3 Å². The lowest BCUT2D eigenvalue weighted by molar-refractivity contribution is 0.0526. The van der Waals surface area contributed by atoms with E-state index in [2.05, 4.69) is 4.98 Å². The SMILES string of the molecule is CCOC(=O)c1ccc(-c2ncccc2F)cc1. The number of aromatic nitrogens is 1. The molecule has 4 heteroatoms. The molecule has 0 aliphatic heterocycles. The van der Waals surface area contributed by atoms with E-state index in [1.807, 2.05) is 0 Å². The molecule has 1 heterocycles. The van der Waals surface area contributed by atoms with Crippen molar-refractivity contribution in [1.82, 2.24) is 4.98 Å². The molecule has 3 nitrogen and oxygen atoms in total. The molecule has 0 amide bonds. The van der Waals surface area contributed by atoms with Gasteiger partial charge in [0.15, 0.2) is 0 Å². The van der Waals surface area contributed by atoms with Gasteiger partial charge in [-0.2, -0.15) is 0 Å². The number of hydrogen-bond acceptors (Lipinski definition) is 3. The molecule has 92 valence electrons. The number of benzene rings is 1. The summed E-state index contributed by atoms with van der Waals surface area (Å²) in [7, 11) is 0. The molecule has 0 radical (unpaired) electrons. The Bertz CT molecular complexity index is 552. The van der Waals surface area contributed by atoms with Gasteiger partial charge in [0.05, 0.1) is 12.2 Å². The van der Waals surface area contributed by atoms with Crippen LogP contribution >= 0.6 is 0 Å². The number of rotatable bonds is 3. The largest absolute Gasteiger partial charge is 0.462 e. The second-order valence-corrected chi connectivity index (χ2v) is 3.63. The van der Waals surface area contributed by atoms with Crippen LogP contribution in [-0.2, 0) is 4.74 Å². The first-order valence-corrected chi connectivity index (χ1v) is 5.60. The quantitative estimate of drug-likeness (QED) is 0.780. The Balaban J connectivity index is 2.28. The molecule has 0 bridgehead atoms. The molecule has 1 aromatic heterocycles. The van der Waals surface area contributed by atoms with E-state index in [4.69, 9.17) is 4.74 Å². The Morgan fingerprint density at radius 3 is 2.61 bits per heavy atom. The minimum atomic E-state index is -0.388. The lowest BCUT2D eigenvalue weighted by Crippen LogP contribution is -2.04. The maximum Gasteiger partial charge on any atom is 0.338 e. The fourth-order valence-electron chi connectivity index (χ4n) is 1.58. The van der Waals surface area contributed by atoms with E-state index in [9.17, 15) is 9.18 Å². The molecule has 0 aliphatic rings. The number of carbonyl (C=O) groups excluding carboxylic acids is 1. The van der Waals surface area contributed by atoms with Gasteiger partial charge in [0.2, 0.25) is 0 Å². The Morgan fingerprint density at radius 2 is 2.00 bits per heavy atom. The number of pyridine rings is 1. The van der Waals surface area contributed by atoms with Gasteiger partial charge in [-0.15, -0.1) is 0 Å². The highest BCUT2D eigenvalue weighted by molar-refractivity contribution is 5.89. The standard InChI is InChI=1S/C14H12FNO2/c1-2-18-14(17)11-7-5-10(6-8-11)13-12(15)4-3-9-16-13/h3-9H,2H2,1H3. The van der Waals surface area contributed by atoms with E-state index < -0.39 is 0 Å². The van der Waals surface area contributed by atoms with Gasteiger partial charge >= 0.3 is 5.97 Å². The van der Waals surface area contributed by atoms with Gasteiger partial charge in [0, 0.05) is 11.8 Å². The van der Waals surface area contributed by atoms with E-state index in [1.54, 1.807) is 31.2 Å². The molecule has 0 N–H and O–H groups in total. The Morgan fingerprint density at radius 1 is 1.28 bits per heavy atom. The van der Waals surface area contributed by atoms with Crippen LogP contribution in [-0.4, -0.2) is 17.6 Å². The van der Waals surface area contributed by atoms with Gasteiger partial charge in [0.25, 0.3) is 0 Å². The van der Waals surface area contributed by atoms with Crippen LogP contribution in [0, 0.1) is 5.82 Å². The van der Waals surface area contributed by atoms with Gasteiger partial charge in [-0.1, -0.05) is 12.1 Å². The van der Waals surface area contributed by atoms with Crippen LogP contribution in [0.2, 0.25) is 0 Å². The molecule has 0 saturated carbocycles. The molecule has 0 unspecified atom stereocenters. The van der Waals surface area contributed by atoms with Crippen LogP contribution in [0.25, 0.3) is 11.3 Å². The number of nitrogens with zero attached hydrogens (tertiary/aromatic N) is 1. The second kappa shape index (κ2) is 5.40. The van der Waals surface area contributed by atoms with Crippen molar-refractivity contribution in [3.05, 3.63) is 54.0 Å². The van der Waals surface area contributed by atoms with Crippen molar-refractivity contribution in [1.29, 1.82) is 0 Å². The first-order chi connectivity index (χ1) is 8.72. The molecular formula is C14H12FNO2. The summed E-state index contributed by atoms with van der Waals surface area (Å²) in [4.78, 5) is 15.4. The summed E-state index contributed by atoms with van der Waals surface area (Å²) in [6.07, 6.45) is 1.53. The molecule has 2 rings (SSSR count). The highest BCUT2D eigenvalue weighted by Crippen LogP contribution is 2.20. The number of hydrogen-bond donors (Lipinski definition) is 0. The van der Waals surface area contributed by atoms with Gasteiger partial charge in [-0.05, 0) is 31.2 Å².